The van der Waals surface area contributed by atoms with Gasteiger partial charge in [-0.1, -0.05) is 6.07 Å². The molecule has 0 saturated carbocycles. The summed E-state index contributed by atoms with van der Waals surface area (Å²) in [5, 5.41) is 2.53. The van der Waals surface area contributed by atoms with Crippen LogP contribution in [0.2, 0.25) is 0 Å². The Bertz CT molecular complexity index is 1010. The topological polar surface area (TPSA) is 58.6 Å². The molecule has 1 fully saturated rings. The van der Waals surface area contributed by atoms with Gasteiger partial charge in [0, 0.05) is 18.0 Å². The summed E-state index contributed by atoms with van der Waals surface area (Å²) < 4.78 is 59.7. The van der Waals surface area contributed by atoms with Gasteiger partial charge in [0.05, 0.1) is 29.9 Å². The lowest BCUT2D eigenvalue weighted by Gasteiger charge is -2.27. The van der Waals surface area contributed by atoms with Crippen molar-refractivity contribution in [3.05, 3.63) is 51.1 Å². The van der Waals surface area contributed by atoms with Crippen LogP contribution in [0.5, 0.6) is 0 Å². The highest BCUT2D eigenvalue weighted by molar-refractivity contribution is 7.17. The Hall–Kier alpha value is -2.46. The number of benzene rings is 1. The van der Waals surface area contributed by atoms with E-state index in [1.807, 2.05) is 0 Å². The van der Waals surface area contributed by atoms with Crippen LogP contribution in [0.4, 0.5) is 22.6 Å². The fourth-order valence-electron chi connectivity index (χ4n) is 3.96. The number of likely N-dealkylation sites (tertiary alicyclic amines) is 1. The maximum atomic E-state index is 14.3. The van der Waals surface area contributed by atoms with Crippen molar-refractivity contribution in [2.75, 3.05) is 25.0 Å². The van der Waals surface area contributed by atoms with Gasteiger partial charge in [0.25, 0.3) is 11.8 Å². The monoisotopic (exact) mass is 456 g/mol. The normalized spacial score (nSPS) is 16.7. The molecule has 1 aromatic carbocycles. The molecule has 0 unspecified atom stereocenters. The first-order valence-electron chi connectivity index (χ1n) is 9.96. The van der Waals surface area contributed by atoms with Crippen LogP contribution >= 0.6 is 11.3 Å². The Morgan fingerprint density at radius 3 is 2.55 bits per heavy atom. The number of amides is 2. The molecule has 1 saturated heterocycles. The van der Waals surface area contributed by atoms with Gasteiger partial charge >= 0.3 is 6.18 Å². The third kappa shape index (κ3) is 4.31. The Balaban J connectivity index is 1.72. The van der Waals surface area contributed by atoms with Crippen molar-refractivity contribution >= 4 is 28.2 Å². The largest absolute Gasteiger partial charge is 0.417 e. The number of alkyl halides is 3. The molecule has 10 heteroatoms. The second-order valence-electron chi connectivity index (χ2n) is 7.48. The summed E-state index contributed by atoms with van der Waals surface area (Å²) >= 11 is 1.09. The predicted octanol–water partition coefficient (Wildman–Crippen LogP) is 4.86. The zero-order valence-corrected chi connectivity index (χ0v) is 17.3. The average molecular weight is 456 g/mol. The molecule has 4 rings (SSSR count). The fraction of sp³-hybridized carbons (Fsp3) is 0.429. The molecule has 0 bridgehead atoms. The second kappa shape index (κ2) is 8.58. The first kappa shape index (κ1) is 21.8. The molecule has 2 amide bonds. The van der Waals surface area contributed by atoms with Crippen LogP contribution in [0.1, 0.15) is 56.0 Å². The number of halogens is 4. The molecule has 5 nitrogen and oxygen atoms in total. The molecule has 1 aromatic heterocycles. The molecule has 2 aliphatic heterocycles. The van der Waals surface area contributed by atoms with Crippen molar-refractivity contribution in [3.8, 4) is 0 Å². The third-order valence-electron chi connectivity index (χ3n) is 5.45. The van der Waals surface area contributed by atoms with E-state index in [9.17, 15) is 27.2 Å². The molecule has 31 heavy (non-hydrogen) atoms. The van der Waals surface area contributed by atoms with Crippen molar-refractivity contribution < 1.29 is 31.9 Å². The van der Waals surface area contributed by atoms with Crippen molar-refractivity contribution in [2.45, 2.75) is 38.5 Å². The summed E-state index contributed by atoms with van der Waals surface area (Å²) in [6.45, 7) is 1.82. The van der Waals surface area contributed by atoms with Crippen molar-refractivity contribution in [2.24, 2.45) is 0 Å². The smallest absolute Gasteiger partial charge is 0.376 e. The van der Waals surface area contributed by atoms with Crippen molar-refractivity contribution in [1.29, 1.82) is 0 Å². The minimum Gasteiger partial charge on any atom is -0.376 e. The molecule has 3 heterocycles. The second-order valence-corrected chi connectivity index (χ2v) is 8.58. The summed E-state index contributed by atoms with van der Waals surface area (Å²) in [4.78, 5) is 28.5. The van der Waals surface area contributed by atoms with Gasteiger partial charge in [-0.3, -0.25) is 9.59 Å². The standard InChI is InChI=1S/C21H20F4N2O3S/c22-14-6-4-5-13(21(23,24)25)17(14)18(28)26-19-16(12-7-10-30-11-15(12)31-19)20(29)27-8-2-1-3-9-27/h4-6H,1-3,7-11H2,(H,26,28). The van der Waals surface area contributed by atoms with Gasteiger partial charge in [0.1, 0.15) is 10.8 Å². The number of ether oxygens (including phenoxy) is 1. The van der Waals surface area contributed by atoms with E-state index in [1.54, 1.807) is 4.90 Å². The zero-order valence-electron chi connectivity index (χ0n) is 16.5. The first-order valence-corrected chi connectivity index (χ1v) is 10.8. The number of carbonyl (C=O) groups is 2. The molecule has 0 aliphatic carbocycles. The van der Waals surface area contributed by atoms with Gasteiger partial charge in [0.2, 0.25) is 0 Å². The van der Waals surface area contributed by atoms with E-state index in [-0.39, 0.29) is 23.1 Å². The van der Waals surface area contributed by atoms with Crippen molar-refractivity contribution in [1.82, 2.24) is 4.90 Å². The van der Waals surface area contributed by atoms with E-state index in [0.29, 0.717) is 32.2 Å². The van der Waals surface area contributed by atoms with Gasteiger partial charge in [0.15, 0.2) is 0 Å². The van der Waals surface area contributed by atoms with E-state index >= 15 is 0 Å². The minimum atomic E-state index is -4.90. The van der Waals surface area contributed by atoms with Gasteiger partial charge < -0.3 is 15.0 Å². The molecule has 0 atom stereocenters. The van der Waals surface area contributed by atoms with Crippen LogP contribution in [-0.4, -0.2) is 36.4 Å². The molecule has 166 valence electrons. The molecule has 0 spiro atoms. The minimum absolute atomic E-state index is 0.132. The lowest BCUT2D eigenvalue weighted by molar-refractivity contribution is -0.138. The molecular weight excluding hydrogens is 436 g/mol. The number of piperidine rings is 1. The zero-order chi connectivity index (χ0) is 22.2. The van der Waals surface area contributed by atoms with Gasteiger partial charge in [-0.2, -0.15) is 13.2 Å². The quantitative estimate of drug-likeness (QED) is 0.672. The number of fused-ring (bicyclic) bond motifs is 1. The number of carbonyl (C=O) groups excluding carboxylic acids is 2. The van der Waals surface area contributed by atoms with Crippen molar-refractivity contribution in [3.63, 3.8) is 0 Å². The van der Waals surface area contributed by atoms with E-state index in [2.05, 4.69) is 5.32 Å². The molecule has 1 N–H and O–H groups in total. The van der Waals surface area contributed by atoms with Crippen LogP contribution in [0.15, 0.2) is 18.2 Å². The van der Waals surface area contributed by atoms with Crippen LogP contribution in [0.25, 0.3) is 0 Å². The van der Waals surface area contributed by atoms with E-state index < -0.39 is 29.0 Å². The van der Waals surface area contributed by atoms with E-state index in [1.165, 1.54) is 0 Å². The maximum Gasteiger partial charge on any atom is 0.417 e. The number of nitrogens with zero attached hydrogens (tertiary/aromatic N) is 1. The van der Waals surface area contributed by atoms with Crippen LogP contribution in [0, 0.1) is 5.82 Å². The van der Waals surface area contributed by atoms with E-state index in [0.717, 1.165) is 53.2 Å². The number of hydrogen-bond donors (Lipinski definition) is 1. The lowest BCUT2D eigenvalue weighted by Crippen LogP contribution is -2.36. The fourth-order valence-corrected chi connectivity index (χ4v) is 5.13. The van der Waals surface area contributed by atoms with Crippen LogP contribution < -0.4 is 5.32 Å². The third-order valence-corrected chi connectivity index (χ3v) is 6.57. The predicted molar refractivity (Wildman–Crippen MR) is 107 cm³/mol. The first-order chi connectivity index (χ1) is 14.8. The molecule has 2 aromatic rings. The van der Waals surface area contributed by atoms with Gasteiger partial charge in [-0.15, -0.1) is 11.3 Å². The highest BCUT2D eigenvalue weighted by atomic mass is 32.1. The summed E-state index contributed by atoms with van der Waals surface area (Å²) in [5.41, 5.74) is -1.43. The summed E-state index contributed by atoms with van der Waals surface area (Å²) in [6.07, 6.45) is -1.68. The van der Waals surface area contributed by atoms with Crippen LogP contribution in [0.3, 0.4) is 0 Å². The highest BCUT2D eigenvalue weighted by Gasteiger charge is 2.38. The highest BCUT2D eigenvalue weighted by Crippen LogP contribution is 2.39. The SMILES string of the molecule is O=C(Nc1sc2c(c1C(=O)N1CCCCC1)CCOC2)c1c(F)cccc1C(F)(F)F. The molecule has 0 radical (unpaired) electrons. The number of thiophene rings is 1. The van der Waals surface area contributed by atoms with Gasteiger partial charge in [-0.05, 0) is 43.4 Å². The Morgan fingerprint density at radius 1 is 1.10 bits per heavy atom. The summed E-state index contributed by atoms with van der Waals surface area (Å²) in [5.74, 6) is -2.78. The number of hydrogen-bond acceptors (Lipinski definition) is 4. The lowest BCUT2D eigenvalue weighted by atomic mass is 10.0. The average Bonchev–Trinajstić information content (AvgIpc) is 3.10. The number of anilines is 1. The van der Waals surface area contributed by atoms with E-state index in [4.69, 9.17) is 4.74 Å². The van der Waals surface area contributed by atoms with Crippen LogP contribution in [-0.2, 0) is 23.9 Å². The Labute approximate surface area is 180 Å². The summed E-state index contributed by atoms with van der Waals surface area (Å²) in [6, 6.07) is 2.36. The maximum absolute atomic E-state index is 14.3. The Kier molecular flexibility index (Phi) is 6.02. The molecule has 2 aliphatic rings. The summed E-state index contributed by atoms with van der Waals surface area (Å²) in [7, 11) is 0. The number of rotatable bonds is 3. The number of nitrogens with one attached hydrogen (secondary N) is 1. The molecular formula is C21H20F4N2O3S. The van der Waals surface area contributed by atoms with Gasteiger partial charge in [-0.25, -0.2) is 4.39 Å². The Morgan fingerprint density at radius 2 is 1.84 bits per heavy atom.